The lowest BCUT2D eigenvalue weighted by molar-refractivity contribution is 1.41. The van der Waals surface area contributed by atoms with Crippen molar-refractivity contribution in [3.8, 4) is 0 Å². The SMILES string of the molecule is Clc1nc2ccccc2c2c1c(Cl)nc1c3ccccc3ccc12. The predicted octanol–water partition coefficient (Wildman–Crippen LogP) is 6.40. The molecule has 2 nitrogen and oxygen atoms in total. The van der Waals surface area contributed by atoms with E-state index in [2.05, 4.69) is 34.2 Å². The lowest BCUT2D eigenvalue weighted by atomic mass is 9.99. The number of pyridine rings is 2. The minimum absolute atomic E-state index is 0.385. The largest absolute Gasteiger partial charge is 0.235 e. The Morgan fingerprint density at radius 2 is 1.29 bits per heavy atom. The standard InChI is InChI=1S/C20H10Cl2N2/c21-19-17-16(13-7-3-4-8-15(13)23-19)14-10-9-11-5-1-2-6-12(11)18(14)24-20(17)22/h1-10H. The number of halogens is 2. The molecule has 2 aromatic heterocycles. The van der Waals surface area contributed by atoms with Crippen molar-refractivity contribution in [2.45, 2.75) is 0 Å². The Morgan fingerprint density at radius 3 is 2.17 bits per heavy atom. The predicted molar refractivity (Wildman–Crippen MR) is 102 cm³/mol. The monoisotopic (exact) mass is 348 g/mol. The summed E-state index contributed by atoms with van der Waals surface area (Å²) in [6, 6.07) is 20.3. The van der Waals surface area contributed by atoms with Crippen molar-refractivity contribution in [2.24, 2.45) is 0 Å². The maximum atomic E-state index is 6.51. The van der Waals surface area contributed by atoms with E-state index in [0.29, 0.717) is 15.7 Å². The Bertz CT molecular complexity index is 1280. The van der Waals surface area contributed by atoms with Gasteiger partial charge in [-0.2, -0.15) is 0 Å². The second-order valence-corrected chi connectivity index (χ2v) is 6.47. The average Bonchev–Trinajstić information content (AvgIpc) is 2.61. The minimum Gasteiger partial charge on any atom is -0.235 e. The van der Waals surface area contributed by atoms with Crippen molar-refractivity contribution in [3.05, 3.63) is 71.0 Å². The van der Waals surface area contributed by atoms with Gasteiger partial charge in [-0.3, -0.25) is 0 Å². The second kappa shape index (κ2) is 5.04. The molecule has 2 heterocycles. The van der Waals surface area contributed by atoms with Crippen LogP contribution >= 0.6 is 23.2 Å². The van der Waals surface area contributed by atoms with E-state index >= 15 is 0 Å². The molecule has 5 aromatic rings. The number of nitrogens with zero attached hydrogens (tertiary/aromatic N) is 2. The van der Waals surface area contributed by atoms with Gasteiger partial charge in [-0.1, -0.05) is 77.8 Å². The van der Waals surface area contributed by atoms with Crippen molar-refractivity contribution < 1.29 is 0 Å². The number of hydrogen-bond acceptors (Lipinski definition) is 2. The lowest BCUT2D eigenvalue weighted by Gasteiger charge is -2.11. The van der Waals surface area contributed by atoms with E-state index in [0.717, 1.165) is 38.0 Å². The Labute approximate surface area is 147 Å². The Morgan fingerprint density at radius 1 is 0.583 bits per heavy atom. The smallest absolute Gasteiger partial charge is 0.140 e. The first-order valence-corrected chi connectivity index (χ1v) is 8.34. The van der Waals surface area contributed by atoms with E-state index in [-0.39, 0.29) is 0 Å². The first kappa shape index (κ1) is 14.0. The van der Waals surface area contributed by atoms with E-state index in [1.807, 2.05) is 36.4 Å². The third-order valence-electron chi connectivity index (χ3n) is 4.43. The molecule has 0 amide bonds. The zero-order chi connectivity index (χ0) is 16.3. The molecule has 4 heteroatoms. The number of para-hydroxylation sites is 1. The molecule has 0 radical (unpaired) electrons. The van der Waals surface area contributed by atoms with E-state index in [4.69, 9.17) is 23.2 Å². The van der Waals surface area contributed by atoms with Crippen molar-refractivity contribution >= 4 is 66.6 Å². The van der Waals surface area contributed by atoms with Gasteiger partial charge < -0.3 is 0 Å². The highest BCUT2D eigenvalue weighted by Gasteiger charge is 2.16. The van der Waals surface area contributed by atoms with Crippen LogP contribution in [-0.4, -0.2) is 9.97 Å². The molecule has 5 rings (SSSR count). The summed E-state index contributed by atoms with van der Waals surface area (Å²) < 4.78 is 0. The first-order valence-electron chi connectivity index (χ1n) is 7.59. The molecule has 0 N–H and O–H groups in total. The minimum atomic E-state index is 0.385. The highest BCUT2D eigenvalue weighted by atomic mass is 35.5. The van der Waals surface area contributed by atoms with Crippen LogP contribution in [0.4, 0.5) is 0 Å². The highest BCUT2D eigenvalue weighted by Crippen LogP contribution is 2.39. The number of fused-ring (bicyclic) bond motifs is 7. The van der Waals surface area contributed by atoms with Gasteiger partial charge >= 0.3 is 0 Å². The third kappa shape index (κ3) is 1.84. The van der Waals surface area contributed by atoms with Crippen LogP contribution in [0.3, 0.4) is 0 Å². The summed E-state index contributed by atoms with van der Waals surface area (Å²) in [5, 5.41) is 6.77. The molecule has 0 atom stereocenters. The van der Waals surface area contributed by atoms with Gasteiger partial charge in [0.05, 0.1) is 16.4 Å². The molecule has 0 saturated heterocycles. The fraction of sp³-hybridized carbons (Fsp3) is 0. The number of hydrogen-bond donors (Lipinski definition) is 0. The van der Waals surface area contributed by atoms with Gasteiger partial charge in [0.2, 0.25) is 0 Å². The number of rotatable bonds is 0. The maximum absolute atomic E-state index is 6.51. The number of benzene rings is 3. The summed E-state index contributed by atoms with van der Waals surface area (Å²) in [5.41, 5.74) is 1.74. The van der Waals surface area contributed by atoms with Gasteiger partial charge in [0.1, 0.15) is 10.3 Å². The molecule has 0 bridgehead atoms. The number of aromatic nitrogens is 2. The Hall–Kier alpha value is -2.42. The van der Waals surface area contributed by atoms with Crippen molar-refractivity contribution in [3.63, 3.8) is 0 Å². The van der Waals surface area contributed by atoms with Gasteiger partial charge in [0.15, 0.2) is 0 Å². The van der Waals surface area contributed by atoms with Crippen LogP contribution < -0.4 is 0 Å². The summed E-state index contributed by atoms with van der Waals surface area (Å²) >= 11 is 12.9. The fourth-order valence-corrected chi connectivity index (χ4v) is 3.97. The van der Waals surface area contributed by atoms with Crippen LogP contribution in [0.25, 0.3) is 43.4 Å². The van der Waals surface area contributed by atoms with Crippen LogP contribution in [0.2, 0.25) is 10.3 Å². The van der Waals surface area contributed by atoms with Gasteiger partial charge in [0, 0.05) is 21.5 Å². The molecule has 0 aliphatic rings. The van der Waals surface area contributed by atoms with Crippen molar-refractivity contribution in [1.82, 2.24) is 9.97 Å². The van der Waals surface area contributed by atoms with Crippen LogP contribution in [-0.2, 0) is 0 Å². The maximum Gasteiger partial charge on any atom is 0.140 e. The zero-order valence-corrected chi connectivity index (χ0v) is 13.9. The first-order chi connectivity index (χ1) is 11.7. The van der Waals surface area contributed by atoms with E-state index in [1.54, 1.807) is 0 Å². The molecular formula is C20H10Cl2N2. The van der Waals surface area contributed by atoms with Crippen LogP contribution in [0.5, 0.6) is 0 Å². The fourth-order valence-electron chi connectivity index (χ4n) is 3.38. The summed E-state index contributed by atoms with van der Waals surface area (Å²) in [6.07, 6.45) is 0. The zero-order valence-electron chi connectivity index (χ0n) is 12.4. The molecule has 0 aliphatic carbocycles. The Balaban J connectivity index is 2.17. The highest BCUT2D eigenvalue weighted by molar-refractivity contribution is 6.44. The molecule has 24 heavy (non-hydrogen) atoms. The van der Waals surface area contributed by atoms with Gasteiger partial charge in [-0.25, -0.2) is 9.97 Å². The molecule has 3 aromatic carbocycles. The average molecular weight is 349 g/mol. The summed E-state index contributed by atoms with van der Waals surface area (Å²) in [7, 11) is 0. The summed E-state index contributed by atoms with van der Waals surface area (Å²) in [5.74, 6) is 0. The molecular weight excluding hydrogens is 339 g/mol. The van der Waals surface area contributed by atoms with Gasteiger partial charge in [0.25, 0.3) is 0 Å². The van der Waals surface area contributed by atoms with Crippen LogP contribution in [0.1, 0.15) is 0 Å². The van der Waals surface area contributed by atoms with E-state index in [1.165, 1.54) is 0 Å². The van der Waals surface area contributed by atoms with Crippen LogP contribution in [0.15, 0.2) is 60.7 Å². The quantitative estimate of drug-likeness (QED) is 0.239. The van der Waals surface area contributed by atoms with Gasteiger partial charge in [-0.05, 0) is 11.5 Å². The molecule has 0 aliphatic heterocycles. The molecule has 0 spiro atoms. The molecule has 0 saturated carbocycles. The van der Waals surface area contributed by atoms with E-state index < -0.39 is 0 Å². The summed E-state index contributed by atoms with van der Waals surface area (Å²) in [6.45, 7) is 0. The van der Waals surface area contributed by atoms with Crippen molar-refractivity contribution in [1.29, 1.82) is 0 Å². The topological polar surface area (TPSA) is 25.8 Å². The van der Waals surface area contributed by atoms with Gasteiger partial charge in [-0.15, -0.1) is 0 Å². The second-order valence-electron chi connectivity index (χ2n) is 5.76. The Kier molecular flexibility index (Phi) is 2.93. The third-order valence-corrected chi connectivity index (χ3v) is 4.98. The lowest BCUT2D eigenvalue weighted by Crippen LogP contribution is -1.91. The van der Waals surface area contributed by atoms with Crippen LogP contribution in [0, 0.1) is 0 Å². The molecule has 0 unspecified atom stereocenters. The molecule has 114 valence electrons. The summed E-state index contributed by atoms with van der Waals surface area (Å²) in [4.78, 5) is 9.12. The van der Waals surface area contributed by atoms with Crippen molar-refractivity contribution in [2.75, 3.05) is 0 Å². The normalized spacial score (nSPS) is 11.8. The molecule has 0 fully saturated rings. The van der Waals surface area contributed by atoms with E-state index in [9.17, 15) is 0 Å².